The van der Waals surface area contributed by atoms with E-state index in [1.54, 1.807) is 16.8 Å². The van der Waals surface area contributed by atoms with Gasteiger partial charge in [-0.3, -0.25) is 4.68 Å². The van der Waals surface area contributed by atoms with Crippen molar-refractivity contribution in [2.24, 2.45) is 7.05 Å². The summed E-state index contributed by atoms with van der Waals surface area (Å²) >= 11 is 0. The molecule has 170 valence electrons. The van der Waals surface area contributed by atoms with Gasteiger partial charge in [-0.25, -0.2) is 4.79 Å². The topological polar surface area (TPSA) is 93.1 Å². The number of esters is 1. The van der Waals surface area contributed by atoms with Crippen molar-refractivity contribution in [2.75, 3.05) is 40.2 Å². The number of hydrogen-bond donors (Lipinski definition) is 1. The van der Waals surface area contributed by atoms with Crippen molar-refractivity contribution in [2.45, 2.75) is 6.92 Å². The van der Waals surface area contributed by atoms with Gasteiger partial charge in [0.2, 0.25) is 0 Å². The lowest BCUT2D eigenvalue weighted by Crippen LogP contribution is -2.12. The van der Waals surface area contributed by atoms with E-state index >= 15 is 0 Å². The number of ether oxygens (including phenoxy) is 5. The minimum absolute atomic E-state index is 0.0317. The highest BCUT2D eigenvalue weighted by Crippen LogP contribution is 2.36. The standard InChI is InChI=1S/C23H27N3O6/c1-15-7-6-8-16(9-15)18-12-21(26(2)25-18)24-19-10-17(31-13-28-3)11-20(32-14-29-4)22(19)23(27)30-5/h6-12,24H,13-14H2,1-5H3. The molecule has 0 aliphatic rings. The number of anilines is 2. The molecular formula is C23H27N3O6. The van der Waals surface area contributed by atoms with Gasteiger partial charge in [-0.05, 0) is 13.0 Å². The molecule has 0 bridgehead atoms. The van der Waals surface area contributed by atoms with E-state index in [2.05, 4.69) is 16.5 Å². The van der Waals surface area contributed by atoms with Crippen LogP contribution >= 0.6 is 0 Å². The molecule has 0 saturated heterocycles. The lowest BCUT2D eigenvalue weighted by atomic mass is 10.1. The molecule has 0 saturated carbocycles. The van der Waals surface area contributed by atoms with Gasteiger partial charge >= 0.3 is 5.97 Å². The van der Waals surface area contributed by atoms with Gasteiger partial charge in [0, 0.05) is 45.0 Å². The number of hydrogen-bond acceptors (Lipinski definition) is 8. The largest absolute Gasteiger partial charge is 0.467 e. The Labute approximate surface area is 186 Å². The number of carbonyl (C=O) groups excluding carboxylic acids is 1. The van der Waals surface area contributed by atoms with Crippen LogP contribution in [-0.4, -0.2) is 50.7 Å². The fourth-order valence-electron chi connectivity index (χ4n) is 3.12. The summed E-state index contributed by atoms with van der Waals surface area (Å²) in [7, 11) is 6.13. The Hall–Kier alpha value is -3.56. The van der Waals surface area contributed by atoms with E-state index in [4.69, 9.17) is 23.7 Å². The van der Waals surface area contributed by atoms with E-state index in [9.17, 15) is 4.79 Å². The average Bonchev–Trinajstić information content (AvgIpc) is 3.15. The number of nitrogens with one attached hydrogen (secondary N) is 1. The van der Waals surface area contributed by atoms with Gasteiger partial charge in [0.1, 0.15) is 22.9 Å². The molecule has 9 heteroatoms. The number of rotatable bonds is 10. The summed E-state index contributed by atoms with van der Waals surface area (Å²) in [6.45, 7) is 2.01. The van der Waals surface area contributed by atoms with Crippen molar-refractivity contribution >= 4 is 17.5 Å². The van der Waals surface area contributed by atoms with Crippen LogP contribution in [0.4, 0.5) is 11.5 Å². The van der Waals surface area contributed by atoms with E-state index in [-0.39, 0.29) is 24.9 Å². The Bertz CT molecular complexity index is 1080. The van der Waals surface area contributed by atoms with Crippen molar-refractivity contribution in [3.8, 4) is 22.8 Å². The molecule has 1 heterocycles. The Morgan fingerprint density at radius 2 is 1.78 bits per heavy atom. The molecular weight excluding hydrogens is 414 g/mol. The highest BCUT2D eigenvalue weighted by Gasteiger charge is 2.22. The van der Waals surface area contributed by atoms with Crippen molar-refractivity contribution in [3.05, 3.63) is 53.6 Å². The highest BCUT2D eigenvalue weighted by molar-refractivity contribution is 6.00. The molecule has 0 aliphatic heterocycles. The quantitative estimate of drug-likeness (QED) is 0.374. The van der Waals surface area contributed by atoms with Gasteiger partial charge in [0.25, 0.3) is 0 Å². The zero-order valence-electron chi connectivity index (χ0n) is 18.8. The summed E-state index contributed by atoms with van der Waals surface area (Å²) in [5.41, 5.74) is 3.55. The van der Waals surface area contributed by atoms with Crippen molar-refractivity contribution < 1.29 is 28.5 Å². The number of benzene rings is 2. The summed E-state index contributed by atoms with van der Waals surface area (Å²) < 4.78 is 27.9. The third-order valence-electron chi connectivity index (χ3n) is 4.60. The predicted molar refractivity (Wildman–Crippen MR) is 119 cm³/mol. The third kappa shape index (κ3) is 5.37. The van der Waals surface area contributed by atoms with E-state index < -0.39 is 5.97 Å². The van der Waals surface area contributed by atoms with Crippen LogP contribution in [0.3, 0.4) is 0 Å². The first-order valence-corrected chi connectivity index (χ1v) is 9.84. The molecule has 0 amide bonds. The Morgan fingerprint density at radius 1 is 1.03 bits per heavy atom. The molecule has 1 aromatic heterocycles. The van der Waals surface area contributed by atoms with Crippen LogP contribution in [0, 0.1) is 6.92 Å². The summed E-state index contributed by atoms with van der Waals surface area (Å²) in [6, 6.07) is 13.2. The number of methoxy groups -OCH3 is 3. The number of aromatic nitrogens is 2. The molecule has 0 radical (unpaired) electrons. The molecule has 0 atom stereocenters. The SMILES string of the molecule is COCOc1cc(Nc2cc(-c3cccc(C)c3)nn2C)c(C(=O)OC)c(OCOC)c1. The van der Waals surface area contributed by atoms with E-state index in [1.165, 1.54) is 21.3 Å². The molecule has 3 rings (SSSR count). The van der Waals surface area contributed by atoms with Gasteiger partial charge in [-0.15, -0.1) is 0 Å². The van der Waals surface area contributed by atoms with Crippen molar-refractivity contribution in [1.29, 1.82) is 0 Å². The first-order valence-electron chi connectivity index (χ1n) is 9.84. The summed E-state index contributed by atoms with van der Waals surface area (Å²) in [4.78, 5) is 12.6. The second-order valence-corrected chi connectivity index (χ2v) is 6.97. The lowest BCUT2D eigenvalue weighted by molar-refractivity contribution is 0.0436. The highest BCUT2D eigenvalue weighted by atomic mass is 16.7. The Balaban J connectivity index is 2.04. The maximum atomic E-state index is 12.6. The Morgan fingerprint density at radius 3 is 2.47 bits per heavy atom. The first kappa shape index (κ1) is 23.1. The third-order valence-corrected chi connectivity index (χ3v) is 4.60. The zero-order valence-corrected chi connectivity index (χ0v) is 18.8. The van der Waals surface area contributed by atoms with Crippen molar-refractivity contribution in [1.82, 2.24) is 9.78 Å². The first-order chi connectivity index (χ1) is 15.5. The van der Waals surface area contributed by atoms with E-state index in [1.807, 2.05) is 38.2 Å². The van der Waals surface area contributed by atoms with Crippen LogP contribution in [0.1, 0.15) is 15.9 Å². The monoisotopic (exact) mass is 441 g/mol. The van der Waals surface area contributed by atoms with Gasteiger partial charge in [-0.1, -0.05) is 23.8 Å². The zero-order chi connectivity index (χ0) is 23.1. The molecule has 0 unspecified atom stereocenters. The smallest absolute Gasteiger partial charge is 0.343 e. The minimum atomic E-state index is -0.571. The average molecular weight is 441 g/mol. The van der Waals surface area contributed by atoms with Crippen LogP contribution in [0.25, 0.3) is 11.3 Å². The molecule has 0 fully saturated rings. The normalized spacial score (nSPS) is 10.7. The number of nitrogens with zero attached hydrogens (tertiary/aromatic N) is 2. The molecule has 1 N–H and O–H groups in total. The van der Waals surface area contributed by atoms with E-state index in [0.717, 1.165) is 16.8 Å². The van der Waals surface area contributed by atoms with Crippen LogP contribution in [-0.2, 0) is 21.3 Å². The van der Waals surface area contributed by atoms with Crippen molar-refractivity contribution in [3.63, 3.8) is 0 Å². The van der Waals surface area contributed by atoms with Crippen LogP contribution in [0.2, 0.25) is 0 Å². The molecule has 32 heavy (non-hydrogen) atoms. The molecule has 9 nitrogen and oxygen atoms in total. The van der Waals surface area contributed by atoms with Crippen LogP contribution in [0.5, 0.6) is 11.5 Å². The van der Waals surface area contributed by atoms with Crippen LogP contribution in [0.15, 0.2) is 42.5 Å². The second kappa shape index (κ2) is 10.7. The predicted octanol–water partition coefficient (Wildman–Crippen LogP) is 3.89. The number of carbonyl (C=O) groups is 1. The molecule has 0 spiro atoms. The van der Waals surface area contributed by atoms with Crippen LogP contribution < -0.4 is 14.8 Å². The summed E-state index contributed by atoms with van der Waals surface area (Å²) in [6.07, 6.45) is 0. The fourth-order valence-corrected chi connectivity index (χ4v) is 3.12. The summed E-state index contributed by atoms with van der Waals surface area (Å²) in [5.74, 6) is 0.774. The molecule has 2 aromatic carbocycles. The molecule has 0 aliphatic carbocycles. The lowest BCUT2D eigenvalue weighted by Gasteiger charge is -2.17. The number of aryl methyl sites for hydroxylation is 2. The fraction of sp³-hybridized carbons (Fsp3) is 0.304. The second-order valence-electron chi connectivity index (χ2n) is 6.97. The minimum Gasteiger partial charge on any atom is -0.467 e. The van der Waals surface area contributed by atoms with Gasteiger partial charge in [0.05, 0.1) is 18.5 Å². The maximum Gasteiger partial charge on any atom is 0.343 e. The maximum absolute atomic E-state index is 12.6. The molecule has 3 aromatic rings. The Kier molecular flexibility index (Phi) is 7.69. The van der Waals surface area contributed by atoms with Gasteiger partial charge in [-0.2, -0.15) is 5.10 Å². The van der Waals surface area contributed by atoms with Gasteiger partial charge < -0.3 is 29.0 Å². The van der Waals surface area contributed by atoms with Gasteiger partial charge in [0.15, 0.2) is 13.6 Å². The summed E-state index contributed by atoms with van der Waals surface area (Å²) in [5, 5.41) is 7.84. The van der Waals surface area contributed by atoms with E-state index in [0.29, 0.717) is 17.3 Å².